The number of benzene rings is 1. The first-order chi connectivity index (χ1) is 9.47. The predicted octanol–water partition coefficient (Wildman–Crippen LogP) is 1.93. The zero-order valence-electron chi connectivity index (χ0n) is 10.5. The Hall–Kier alpha value is -2.89. The number of carboxylic acids is 1. The molecule has 0 saturated heterocycles. The van der Waals surface area contributed by atoms with Gasteiger partial charge in [-0.1, -0.05) is 0 Å². The highest BCUT2D eigenvalue weighted by Gasteiger charge is 2.11. The number of carbonyl (C=O) groups is 1. The molecule has 2 aromatic rings. The van der Waals surface area contributed by atoms with Crippen molar-refractivity contribution in [1.82, 2.24) is 0 Å². The van der Waals surface area contributed by atoms with E-state index in [1.165, 1.54) is 18.2 Å². The Labute approximate surface area is 114 Å². The van der Waals surface area contributed by atoms with Crippen LogP contribution in [0.4, 0.5) is 5.69 Å². The number of nitrogens with zero attached hydrogens (tertiary/aromatic N) is 1. The van der Waals surface area contributed by atoms with E-state index in [2.05, 4.69) is 0 Å². The summed E-state index contributed by atoms with van der Waals surface area (Å²) in [6.45, 7) is 1.74. The maximum absolute atomic E-state index is 10.7. The minimum Gasteiger partial charge on any atom is -0.545 e. The first-order valence-electron chi connectivity index (χ1n) is 5.71. The van der Waals surface area contributed by atoms with Crippen molar-refractivity contribution in [2.45, 2.75) is 6.92 Å². The standard InChI is InChI=1S/C14H11NO5/c1-9-8-10(15(18)19)2-5-12(9)13-6-3-11(20-13)4-7-14(16)17/h2-8H,1H3,(H,16,17)/p-1/b7-4+. The lowest BCUT2D eigenvalue weighted by Crippen LogP contribution is -2.18. The summed E-state index contributed by atoms with van der Waals surface area (Å²) in [6, 6.07) is 7.72. The molecule has 1 aromatic carbocycles. The van der Waals surface area contributed by atoms with Crippen LogP contribution in [-0.4, -0.2) is 10.9 Å². The highest BCUT2D eigenvalue weighted by atomic mass is 16.6. The zero-order chi connectivity index (χ0) is 14.7. The third-order valence-electron chi connectivity index (χ3n) is 2.70. The summed E-state index contributed by atoms with van der Waals surface area (Å²) >= 11 is 0. The highest BCUT2D eigenvalue weighted by molar-refractivity contribution is 5.83. The van der Waals surface area contributed by atoms with E-state index in [0.717, 1.165) is 6.08 Å². The van der Waals surface area contributed by atoms with Crippen molar-refractivity contribution in [2.75, 3.05) is 0 Å². The fourth-order valence-electron chi connectivity index (χ4n) is 1.78. The average molecular weight is 272 g/mol. The number of hydrogen-bond donors (Lipinski definition) is 0. The van der Waals surface area contributed by atoms with Crippen LogP contribution in [0, 0.1) is 17.0 Å². The quantitative estimate of drug-likeness (QED) is 0.481. The summed E-state index contributed by atoms with van der Waals surface area (Å²) < 4.78 is 5.45. The van der Waals surface area contributed by atoms with Gasteiger partial charge in [-0.3, -0.25) is 10.1 Å². The summed E-state index contributed by atoms with van der Waals surface area (Å²) in [5.41, 5.74) is 1.42. The number of nitro benzene ring substituents is 1. The Balaban J connectivity index is 2.33. The molecule has 0 spiro atoms. The molecule has 0 N–H and O–H groups in total. The van der Waals surface area contributed by atoms with Gasteiger partial charge in [0.15, 0.2) is 0 Å². The van der Waals surface area contributed by atoms with Gasteiger partial charge in [0, 0.05) is 17.7 Å². The van der Waals surface area contributed by atoms with Gasteiger partial charge in [0.25, 0.3) is 5.69 Å². The van der Waals surface area contributed by atoms with Crippen LogP contribution < -0.4 is 5.11 Å². The second-order valence-corrected chi connectivity index (χ2v) is 4.11. The summed E-state index contributed by atoms with van der Waals surface area (Å²) in [7, 11) is 0. The molecular formula is C14H10NO5-. The van der Waals surface area contributed by atoms with Gasteiger partial charge in [0.1, 0.15) is 11.5 Å². The second-order valence-electron chi connectivity index (χ2n) is 4.11. The number of carbonyl (C=O) groups excluding carboxylic acids is 1. The molecule has 0 saturated carbocycles. The number of carboxylic acid groups (broad SMARTS) is 1. The number of non-ortho nitro benzene ring substituents is 1. The van der Waals surface area contributed by atoms with Crippen molar-refractivity contribution in [3.05, 3.63) is 57.8 Å². The highest BCUT2D eigenvalue weighted by Crippen LogP contribution is 2.28. The zero-order valence-corrected chi connectivity index (χ0v) is 10.5. The first kappa shape index (κ1) is 13.5. The molecule has 0 amide bonds. The first-order valence-corrected chi connectivity index (χ1v) is 5.71. The van der Waals surface area contributed by atoms with Crippen LogP contribution in [-0.2, 0) is 4.79 Å². The summed E-state index contributed by atoms with van der Waals surface area (Å²) in [4.78, 5) is 20.5. The molecule has 0 fully saturated rings. The molecule has 1 aromatic heterocycles. The van der Waals surface area contributed by atoms with E-state index in [4.69, 9.17) is 4.42 Å². The molecule has 6 heteroatoms. The van der Waals surface area contributed by atoms with Crippen molar-refractivity contribution < 1.29 is 19.2 Å². The Morgan fingerprint density at radius 2 is 2.05 bits per heavy atom. The SMILES string of the molecule is Cc1cc([N+](=O)[O-])ccc1-c1ccc(/C=C/C(=O)[O-])o1. The third-order valence-corrected chi connectivity index (χ3v) is 2.70. The van der Waals surface area contributed by atoms with Crippen LogP contribution in [0.5, 0.6) is 0 Å². The van der Waals surface area contributed by atoms with Gasteiger partial charge < -0.3 is 14.3 Å². The van der Waals surface area contributed by atoms with Crippen molar-refractivity contribution >= 4 is 17.7 Å². The van der Waals surface area contributed by atoms with Crippen molar-refractivity contribution in [3.8, 4) is 11.3 Å². The maximum Gasteiger partial charge on any atom is 0.269 e. The lowest BCUT2D eigenvalue weighted by molar-refractivity contribution is -0.384. The number of aliphatic carboxylic acids is 1. The molecule has 0 unspecified atom stereocenters. The largest absolute Gasteiger partial charge is 0.545 e. The smallest absolute Gasteiger partial charge is 0.269 e. The fraction of sp³-hybridized carbons (Fsp3) is 0.0714. The van der Waals surface area contributed by atoms with E-state index in [1.54, 1.807) is 25.1 Å². The molecule has 2 rings (SSSR count). The molecule has 6 nitrogen and oxygen atoms in total. The van der Waals surface area contributed by atoms with Crippen LogP contribution in [0.1, 0.15) is 11.3 Å². The van der Waals surface area contributed by atoms with Crippen LogP contribution in [0.25, 0.3) is 17.4 Å². The van der Waals surface area contributed by atoms with E-state index in [1.807, 2.05) is 0 Å². The van der Waals surface area contributed by atoms with E-state index < -0.39 is 10.9 Å². The predicted molar refractivity (Wildman–Crippen MR) is 69.6 cm³/mol. The van der Waals surface area contributed by atoms with Crippen molar-refractivity contribution in [2.24, 2.45) is 0 Å². The lowest BCUT2D eigenvalue weighted by atomic mass is 10.1. The van der Waals surface area contributed by atoms with Crippen LogP contribution in [0.15, 0.2) is 40.8 Å². The molecular weight excluding hydrogens is 262 g/mol. The molecule has 102 valence electrons. The number of hydrogen-bond acceptors (Lipinski definition) is 5. The molecule has 0 aliphatic rings. The second kappa shape index (κ2) is 5.40. The molecule has 1 heterocycles. The van der Waals surface area contributed by atoms with E-state index in [-0.39, 0.29) is 5.69 Å². The molecule has 0 atom stereocenters. The van der Waals surface area contributed by atoms with Gasteiger partial charge in [0.2, 0.25) is 0 Å². The summed E-state index contributed by atoms with van der Waals surface area (Å²) in [6.07, 6.45) is 2.14. The molecule has 0 bridgehead atoms. The van der Waals surface area contributed by atoms with Crippen LogP contribution >= 0.6 is 0 Å². The minimum absolute atomic E-state index is 0.00915. The van der Waals surface area contributed by atoms with Gasteiger partial charge in [0.05, 0.1) is 10.9 Å². The van der Waals surface area contributed by atoms with Crippen LogP contribution in [0.2, 0.25) is 0 Å². The number of furan rings is 1. The minimum atomic E-state index is -1.31. The third kappa shape index (κ3) is 2.92. The Morgan fingerprint density at radius 1 is 1.30 bits per heavy atom. The van der Waals surface area contributed by atoms with Gasteiger partial charge in [-0.15, -0.1) is 0 Å². The summed E-state index contributed by atoms with van der Waals surface area (Å²) in [5.74, 6) is -0.438. The van der Waals surface area contributed by atoms with Gasteiger partial charge in [-0.05, 0) is 42.8 Å². The van der Waals surface area contributed by atoms with Gasteiger partial charge in [-0.25, -0.2) is 0 Å². The van der Waals surface area contributed by atoms with E-state index >= 15 is 0 Å². The van der Waals surface area contributed by atoms with E-state index in [9.17, 15) is 20.0 Å². The monoisotopic (exact) mass is 272 g/mol. The normalized spacial score (nSPS) is 10.8. The fourth-order valence-corrected chi connectivity index (χ4v) is 1.78. The number of aryl methyl sites for hydroxylation is 1. The van der Waals surface area contributed by atoms with Gasteiger partial charge >= 0.3 is 0 Å². The molecule has 0 radical (unpaired) electrons. The number of nitro groups is 1. The molecule has 0 aliphatic carbocycles. The Kier molecular flexibility index (Phi) is 3.65. The molecule has 0 aliphatic heterocycles. The summed E-state index contributed by atoms with van der Waals surface area (Å²) in [5, 5.41) is 21.0. The Bertz CT molecular complexity index is 699. The molecule has 20 heavy (non-hydrogen) atoms. The van der Waals surface area contributed by atoms with Crippen molar-refractivity contribution in [3.63, 3.8) is 0 Å². The Morgan fingerprint density at radius 3 is 2.65 bits per heavy atom. The van der Waals surface area contributed by atoms with E-state index in [0.29, 0.717) is 22.6 Å². The van der Waals surface area contributed by atoms with Crippen LogP contribution in [0.3, 0.4) is 0 Å². The topological polar surface area (TPSA) is 96.4 Å². The van der Waals surface area contributed by atoms with Crippen molar-refractivity contribution in [1.29, 1.82) is 0 Å². The average Bonchev–Trinajstić information content (AvgIpc) is 2.84. The maximum atomic E-state index is 10.7. The lowest BCUT2D eigenvalue weighted by Gasteiger charge is -2.02. The van der Waals surface area contributed by atoms with Gasteiger partial charge in [-0.2, -0.15) is 0 Å². The number of rotatable bonds is 4.